The van der Waals surface area contributed by atoms with Crippen molar-refractivity contribution < 1.29 is 9.53 Å². The topological polar surface area (TPSA) is 80.1 Å². The Morgan fingerprint density at radius 2 is 2.00 bits per heavy atom. The molecule has 0 spiro atoms. The summed E-state index contributed by atoms with van der Waals surface area (Å²) >= 11 is 6.06. The number of H-pyrrole nitrogens is 1. The molecule has 1 amide bonds. The summed E-state index contributed by atoms with van der Waals surface area (Å²) in [5.41, 5.74) is 8.45. The van der Waals surface area contributed by atoms with E-state index in [4.69, 9.17) is 22.1 Å². The Labute approximate surface area is 163 Å². The Morgan fingerprint density at radius 1 is 1.19 bits per heavy atom. The highest BCUT2D eigenvalue weighted by Crippen LogP contribution is 2.23. The van der Waals surface area contributed by atoms with Gasteiger partial charge in [-0.1, -0.05) is 29.8 Å². The molecule has 7 heteroatoms. The predicted molar refractivity (Wildman–Crippen MR) is 107 cm³/mol. The third-order valence-electron chi connectivity index (χ3n) is 3.95. The molecule has 4 N–H and O–H groups in total. The summed E-state index contributed by atoms with van der Waals surface area (Å²) in [4.78, 5) is 14.2. The van der Waals surface area contributed by atoms with Crippen LogP contribution in [0, 0.1) is 0 Å². The van der Waals surface area contributed by atoms with E-state index in [0.717, 1.165) is 24.0 Å². The van der Waals surface area contributed by atoms with Crippen molar-refractivity contribution in [2.75, 3.05) is 13.2 Å². The van der Waals surface area contributed by atoms with Crippen LogP contribution in [0.5, 0.6) is 5.75 Å². The number of nitrogens with two attached hydrogens (primary N) is 1. The first-order valence-corrected chi connectivity index (χ1v) is 8.46. The third-order valence-corrected chi connectivity index (χ3v) is 4.19. The fourth-order valence-electron chi connectivity index (χ4n) is 2.76. The number of fused-ring (bicyclic) bond motifs is 1. The molecular formula is C19H21Cl2N3O2. The summed E-state index contributed by atoms with van der Waals surface area (Å²) in [6.07, 6.45) is 2.95. The van der Waals surface area contributed by atoms with Gasteiger partial charge in [-0.3, -0.25) is 4.79 Å². The van der Waals surface area contributed by atoms with Gasteiger partial charge in [-0.25, -0.2) is 0 Å². The van der Waals surface area contributed by atoms with Crippen LogP contribution >= 0.6 is 24.0 Å². The SMILES string of the molecule is Cl.NC(=O)COc1ccc(Cl)cc1CNCCc1c[nH]c2ccccc12. The number of carbonyl (C=O) groups excluding carboxylic acids is 1. The van der Waals surface area contributed by atoms with Crippen molar-refractivity contribution in [1.29, 1.82) is 0 Å². The molecule has 26 heavy (non-hydrogen) atoms. The van der Waals surface area contributed by atoms with Gasteiger partial charge >= 0.3 is 0 Å². The van der Waals surface area contributed by atoms with E-state index in [1.807, 2.05) is 24.4 Å². The number of hydrogen-bond donors (Lipinski definition) is 3. The number of carbonyl (C=O) groups is 1. The minimum atomic E-state index is -0.506. The van der Waals surface area contributed by atoms with E-state index in [2.05, 4.69) is 22.4 Å². The van der Waals surface area contributed by atoms with Crippen LogP contribution < -0.4 is 15.8 Å². The Kier molecular flexibility index (Phi) is 7.33. The van der Waals surface area contributed by atoms with Crippen molar-refractivity contribution in [2.24, 2.45) is 5.73 Å². The maximum absolute atomic E-state index is 10.9. The number of aromatic nitrogens is 1. The molecule has 0 atom stereocenters. The molecule has 0 aliphatic rings. The van der Waals surface area contributed by atoms with Crippen molar-refractivity contribution >= 4 is 40.8 Å². The molecule has 3 aromatic rings. The highest BCUT2D eigenvalue weighted by molar-refractivity contribution is 6.30. The maximum Gasteiger partial charge on any atom is 0.255 e. The maximum atomic E-state index is 10.9. The Balaban J connectivity index is 0.00000243. The number of aromatic amines is 1. The number of amides is 1. The van der Waals surface area contributed by atoms with Gasteiger partial charge in [0.2, 0.25) is 0 Å². The number of nitrogens with one attached hydrogen (secondary N) is 2. The van der Waals surface area contributed by atoms with E-state index in [9.17, 15) is 4.79 Å². The molecule has 0 fully saturated rings. The second kappa shape index (κ2) is 9.48. The molecule has 0 unspecified atom stereocenters. The molecule has 1 aromatic heterocycles. The quantitative estimate of drug-likeness (QED) is 0.512. The zero-order chi connectivity index (χ0) is 17.6. The molecule has 138 valence electrons. The zero-order valence-corrected chi connectivity index (χ0v) is 15.7. The number of ether oxygens (including phenoxy) is 1. The zero-order valence-electron chi connectivity index (χ0n) is 14.1. The van der Waals surface area contributed by atoms with Gasteiger partial charge in [-0.15, -0.1) is 12.4 Å². The van der Waals surface area contributed by atoms with E-state index in [0.29, 0.717) is 17.3 Å². The lowest BCUT2D eigenvalue weighted by molar-refractivity contribution is -0.119. The van der Waals surface area contributed by atoms with Crippen LogP contribution in [0.2, 0.25) is 5.02 Å². The van der Waals surface area contributed by atoms with Crippen molar-refractivity contribution in [3.8, 4) is 5.75 Å². The van der Waals surface area contributed by atoms with Crippen molar-refractivity contribution in [1.82, 2.24) is 10.3 Å². The lowest BCUT2D eigenvalue weighted by Gasteiger charge is -2.12. The summed E-state index contributed by atoms with van der Waals surface area (Å²) < 4.78 is 5.44. The monoisotopic (exact) mass is 393 g/mol. The molecule has 2 aromatic carbocycles. The molecule has 0 saturated heterocycles. The third kappa shape index (κ3) is 5.14. The number of para-hydroxylation sites is 1. The van der Waals surface area contributed by atoms with Gasteiger partial charge in [-0.2, -0.15) is 0 Å². The van der Waals surface area contributed by atoms with Gasteiger partial charge in [-0.05, 0) is 42.8 Å². The fourth-order valence-corrected chi connectivity index (χ4v) is 2.96. The van der Waals surface area contributed by atoms with Gasteiger partial charge in [0.1, 0.15) is 5.75 Å². The smallest absolute Gasteiger partial charge is 0.255 e. The van der Waals surface area contributed by atoms with Gasteiger partial charge < -0.3 is 20.8 Å². The van der Waals surface area contributed by atoms with E-state index in [1.54, 1.807) is 12.1 Å². The molecule has 0 aliphatic heterocycles. The summed E-state index contributed by atoms with van der Waals surface area (Å²) in [6.45, 7) is 1.25. The standard InChI is InChI=1S/C19H20ClN3O2.ClH/c20-15-5-6-18(25-12-19(21)24)14(9-15)10-22-8-7-13-11-23-17-4-2-1-3-16(13)17;/h1-6,9,11,22-23H,7-8,10,12H2,(H2,21,24);1H. The largest absolute Gasteiger partial charge is 0.483 e. The van der Waals surface area contributed by atoms with Gasteiger partial charge in [0.15, 0.2) is 6.61 Å². The molecule has 0 bridgehead atoms. The normalized spacial score (nSPS) is 10.5. The lowest BCUT2D eigenvalue weighted by Crippen LogP contribution is -2.21. The average molecular weight is 394 g/mol. The molecule has 3 rings (SSSR count). The molecule has 0 saturated carbocycles. The summed E-state index contributed by atoms with van der Waals surface area (Å²) in [7, 11) is 0. The number of hydrogen-bond acceptors (Lipinski definition) is 3. The van der Waals surface area contributed by atoms with Crippen LogP contribution in [-0.2, 0) is 17.8 Å². The Hall–Kier alpha value is -2.21. The molecule has 0 aliphatic carbocycles. The van der Waals surface area contributed by atoms with Crippen molar-refractivity contribution in [3.63, 3.8) is 0 Å². The highest BCUT2D eigenvalue weighted by atomic mass is 35.5. The van der Waals surface area contributed by atoms with E-state index >= 15 is 0 Å². The summed E-state index contributed by atoms with van der Waals surface area (Å²) in [6, 6.07) is 13.6. The Bertz CT molecular complexity index is 880. The molecule has 5 nitrogen and oxygen atoms in total. The summed E-state index contributed by atoms with van der Waals surface area (Å²) in [5, 5.41) is 5.26. The van der Waals surface area contributed by atoms with Gasteiger partial charge in [0, 0.05) is 34.2 Å². The number of halogens is 2. The van der Waals surface area contributed by atoms with Crippen LogP contribution in [0.3, 0.4) is 0 Å². The number of benzene rings is 2. The minimum absolute atomic E-state index is 0. The van der Waals surface area contributed by atoms with E-state index in [1.165, 1.54) is 10.9 Å². The first-order chi connectivity index (χ1) is 12.1. The fraction of sp³-hybridized carbons (Fsp3) is 0.211. The highest BCUT2D eigenvalue weighted by Gasteiger charge is 2.07. The first-order valence-electron chi connectivity index (χ1n) is 8.09. The second-order valence-electron chi connectivity index (χ2n) is 5.79. The average Bonchev–Trinajstić information content (AvgIpc) is 3.01. The van der Waals surface area contributed by atoms with Crippen molar-refractivity contribution in [2.45, 2.75) is 13.0 Å². The number of primary amides is 1. The van der Waals surface area contributed by atoms with Gasteiger partial charge in [0.25, 0.3) is 5.91 Å². The van der Waals surface area contributed by atoms with Crippen LogP contribution in [0.4, 0.5) is 0 Å². The van der Waals surface area contributed by atoms with Crippen LogP contribution in [0.25, 0.3) is 10.9 Å². The number of rotatable bonds is 8. The van der Waals surface area contributed by atoms with Crippen LogP contribution in [0.15, 0.2) is 48.7 Å². The lowest BCUT2D eigenvalue weighted by atomic mass is 10.1. The molecule has 1 heterocycles. The summed E-state index contributed by atoms with van der Waals surface area (Å²) in [5.74, 6) is 0.107. The molecular weight excluding hydrogens is 373 g/mol. The second-order valence-corrected chi connectivity index (χ2v) is 6.23. The van der Waals surface area contributed by atoms with Crippen molar-refractivity contribution in [3.05, 3.63) is 64.8 Å². The van der Waals surface area contributed by atoms with Gasteiger partial charge in [0.05, 0.1) is 0 Å². The van der Waals surface area contributed by atoms with E-state index in [-0.39, 0.29) is 19.0 Å². The predicted octanol–water partition coefficient (Wildman–Crippen LogP) is 3.44. The first kappa shape index (κ1) is 20.1. The Morgan fingerprint density at radius 3 is 2.81 bits per heavy atom. The molecule has 0 radical (unpaired) electrons. The van der Waals surface area contributed by atoms with Crippen LogP contribution in [0.1, 0.15) is 11.1 Å². The minimum Gasteiger partial charge on any atom is -0.483 e. The van der Waals surface area contributed by atoms with Crippen LogP contribution in [-0.4, -0.2) is 24.0 Å². The van der Waals surface area contributed by atoms with E-state index < -0.39 is 5.91 Å².